The van der Waals surface area contributed by atoms with Gasteiger partial charge in [0, 0.05) is 0 Å². The molecule has 0 radical (unpaired) electrons. The van der Waals surface area contributed by atoms with Crippen molar-refractivity contribution in [2.45, 2.75) is 24.6 Å². The van der Waals surface area contributed by atoms with Crippen molar-refractivity contribution in [3.8, 4) is 0 Å². The maximum absolute atomic E-state index is 11.8. The zero-order valence-corrected chi connectivity index (χ0v) is 8.93. The number of hydrogen-bond donors (Lipinski definition) is 0. The van der Waals surface area contributed by atoms with Crippen LogP contribution in [0.15, 0.2) is 0 Å². The Hall–Kier alpha value is 1.04. The van der Waals surface area contributed by atoms with Gasteiger partial charge in [0.15, 0.2) is 0 Å². The van der Waals surface area contributed by atoms with E-state index in [4.69, 9.17) is 0 Å². The van der Waals surface area contributed by atoms with Crippen molar-refractivity contribution in [2.24, 2.45) is 5.41 Å². The monoisotopic (exact) mass is 228 g/mol. The van der Waals surface area contributed by atoms with Crippen LogP contribution in [0.2, 0.25) is 4.55 Å². The Morgan fingerprint density at radius 1 is 1.20 bits per heavy atom. The normalized spacial score (nSPS) is 12.7. The van der Waals surface area contributed by atoms with Crippen molar-refractivity contribution < 1.29 is 30.2 Å². The smallest absolute Gasteiger partial charge is 1.00 e. The van der Waals surface area contributed by atoms with Crippen LogP contribution in [0.1, 0.15) is 13.8 Å². The predicted octanol–water partition coefficient (Wildman–Crippen LogP) is -0.834. The van der Waals surface area contributed by atoms with Gasteiger partial charge in [0.25, 0.3) is 0 Å². The van der Waals surface area contributed by atoms with Crippen LogP contribution in [-0.2, 0) is 0 Å². The van der Waals surface area contributed by atoms with E-state index in [2.05, 4.69) is 0 Å². The molecule has 0 aliphatic rings. The average Bonchev–Trinajstić information content (AvgIpc) is 1.64. The quantitative estimate of drug-likeness (QED) is 0.515. The Labute approximate surface area is 81.8 Å². The number of hydrogen-bond acceptors (Lipinski definition) is 0. The van der Waals surface area contributed by atoms with Crippen molar-refractivity contribution in [1.29, 1.82) is 0 Å². The van der Waals surface area contributed by atoms with E-state index in [1.165, 1.54) is 35.6 Å². The summed E-state index contributed by atoms with van der Waals surface area (Å²) >= 11 is 1.35. The van der Waals surface area contributed by atoms with E-state index >= 15 is 0 Å². The first-order valence-corrected chi connectivity index (χ1v) is 3.67. The molecule has 0 rings (SSSR count). The van der Waals surface area contributed by atoms with Gasteiger partial charge in [-0.3, -0.25) is 0 Å². The standard InChI is InChI=1S/C5H8F3.BrH.Mg/c1-4(2,3)5(6,7)8;;/h1H2,2-3H3;1H;/q;;+1/p-1. The second-order valence-corrected chi connectivity index (χ2v) is 3.13. The van der Waals surface area contributed by atoms with Crippen molar-refractivity contribution in [3.05, 3.63) is 0 Å². The predicted molar refractivity (Wildman–Crippen MR) is 30.4 cm³/mol. The fraction of sp³-hybridized carbons (Fsp3) is 1.00. The van der Waals surface area contributed by atoms with E-state index in [0.717, 1.165) is 0 Å². The van der Waals surface area contributed by atoms with Crippen LogP contribution >= 0.6 is 0 Å². The molecule has 0 fully saturated rings. The summed E-state index contributed by atoms with van der Waals surface area (Å²) in [6, 6.07) is 0. The van der Waals surface area contributed by atoms with Gasteiger partial charge in [0.05, 0.1) is 0 Å². The van der Waals surface area contributed by atoms with Crippen LogP contribution < -0.4 is 17.0 Å². The van der Waals surface area contributed by atoms with Gasteiger partial charge in [-0.1, -0.05) is 0 Å². The fourth-order valence-corrected chi connectivity index (χ4v) is 0.425. The van der Waals surface area contributed by atoms with Crippen LogP contribution in [0, 0.1) is 5.41 Å². The zero-order chi connectivity index (χ0) is 7.71. The van der Waals surface area contributed by atoms with E-state index < -0.39 is 11.6 Å². The summed E-state index contributed by atoms with van der Waals surface area (Å²) in [6.07, 6.45) is -4.05. The molecule has 0 heterocycles. The molecular weight excluding hydrogens is 221 g/mol. The van der Waals surface area contributed by atoms with Crippen molar-refractivity contribution in [1.82, 2.24) is 0 Å². The zero-order valence-electron chi connectivity index (χ0n) is 5.93. The molecule has 58 valence electrons. The molecule has 0 aromatic heterocycles. The molecule has 0 spiro atoms. The Morgan fingerprint density at radius 2 is 1.50 bits per heavy atom. The molecule has 0 unspecified atom stereocenters. The Kier molecular flexibility index (Phi) is 5.66. The van der Waals surface area contributed by atoms with E-state index in [1.807, 2.05) is 0 Å². The molecule has 0 N–H and O–H groups in total. The molecule has 10 heavy (non-hydrogen) atoms. The topological polar surface area (TPSA) is 0 Å². The molecule has 0 nitrogen and oxygen atoms in total. The van der Waals surface area contributed by atoms with E-state index in [1.54, 1.807) is 0 Å². The van der Waals surface area contributed by atoms with Crippen LogP contribution in [-0.4, -0.2) is 27.9 Å². The van der Waals surface area contributed by atoms with Crippen LogP contribution in [0.25, 0.3) is 0 Å². The molecular formula is C5H8BrF3Mg. The Bertz CT molecular complexity index is 99.6. The van der Waals surface area contributed by atoms with Gasteiger partial charge in [0.2, 0.25) is 0 Å². The van der Waals surface area contributed by atoms with Crippen LogP contribution in [0.3, 0.4) is 0 Å². The van der Waals surface area contributed by atoms with Gasteiger partial charge in [-0.2, -0.15) is 0 Å². The summed E-state index contributed by atoms with van der Waals surface area (Å²) in [6.45, 7) is 2.42. The number of rotatable bonds is 1. The summed E-state index contributed by atoms with van der Waals surface area (Å²) in [5.74, 6) is 0. The van der Waals surface area contributed by atoms with Crippen molar-refractivity contribution in [3.63, 3.8) is 0 Å². The van der Waals surface area contributed by atoms with Gasteiger partial charge in [-0.25, -0.2) is 0 Å². The Balaban J connectivity index is 0. The van der Waals surface area contributed by atoms with E-state index in [0.29, 0.717) is 0 Å². The molecule has 0 aromatic carbocycles. The molecule has 0 aromatic rings. The summed E-state index contributed by atoms with van der Waals surface area (Å²) in [5, 5.41) is 0. The van der Waals surface area contributed by atoms with Gasteiger partial charge < -0.3 is 17.0 Å². The molecule has 5 heteroatoms. The minimum atomic E-state index is -4.05. The Morgan fingerprint density at radius 3 is 1.50 bits per heavy atom. The van der Waals surface area contributed by atoms with Gasteiger partial charge >= 0.3 is 64.9 Å². The van der Waals surface area contributed by atoms with Crippen LogP contribution in [0.4, 0.5) is 13.2 Å². The first kappa shape index (κ1) is 13.6. The molecule has 0 aliphatic heterocycles. The van der Waals surface area contributed by atoms with E-state index in [-0.39, 0.29) is 21.5 Å². The van der Waals surface area contributed by atoms with Crippen LogP contribution in [0.5, 0.6) is 0 Å². The molecule has 0 saturated carbocycles. The van der Waals surface area contributed by atoms with Crippen molar-refractivity contribution in [2.75, 3.05) is 0 Å². The van der Waals surface area contributed by atoms with E-state index in [9.17, 15) is 13.2 Å². The molecule has 0 amide bonds. The molecule has 0 atom stereocenters. The summed E-state index contributed by atoms with van der Waals surface area (Å²) < 4.78 is 35.7. The van der Waals surface area contributed by atoms with Crippen molar-refractivity contribution >= 4 is 21.7 Å². The second kappa shape index (κ2) is 4.16. The minimum Gasteiger partial charge on any atom is -1.00 e. The molecule has 0 aliphatic carbocycles. The van der Waals surface area contributed by atoms with Gasteiger partial charge in [-0.05, 0) is 0 Å². The number of alkyl halides is 3. The minimum absolute atomic E-state index is 0. The second-order valence-electron chi connectivity index (χ2n) is 2.63. The molecule has 0 bridgehead atoms. The third-order valence-corrected chi connectivity index (χ3v) is 2.64. The fourth-order valence-electron chi connectivity index (χ4n) is 0.142. The summed E-state index contributed by atoms with van der Waals surface area (Å²) in [7, 11) is 0. The SMILES string of the molecule is CC(C)([CH2][Mg+])C(F)(F)F.[Br-]. The largest absolute Gasteiger partial charge is 1.00 e. The van der Waals surface area contributed by atoms with Gasteiger partial charge in [0.1, 0.15) is 0 Å². The summed E-state index contributed by atoms with van der Waals surface area (Å²) in [4.78, 5) is 0. The third-order valence-electron chi connectivity index (χ3n) is 1.39. The summed E-state index contributed by atoms with van der Waals surface area (Å²) in [5.41, 5.74) is -1.51. The van der Waals surface area contributed by atoms with Gasteiger partial charge in [-0.15, -0.1) is 0 Å². The first-order chi connectivity index (χ1) is 3.81. The average molecular weight is 229 g/mol. The third kappa shape index (κ3) is 3.43. The first-order valence-electron chi connectivity index (χ1n) is 2.67. The molecule has 0 saturated heterocycles. The number of halogens is 4. The maximum Gasteiger partial charge on any atom is -1.00 e. The maximum atomic E-state index is 11.8.